The molecule has 4 nitrogen and oxygen atoms in total. The zero-order valence-corrected chi connectivity index (χ0v) is 12.7. The molecule has 3 atom stereocenters. The first-order valence-electron chi connectivity index (χ1n) is 7.26. The number of aliphatic hydroxyl groups excluding tert-OH is 1. The summed E-state index contributed by atoms with van der Waals surface area (Å²) in [5.41, 5.74) is 1.35. The van der Waals surface area contributed by atoms with Crippen LogP contribution in [0.2, 0.25) is 0 Å². The van der Waals surface area contributed by atoms with E-state index in [1.54, 1.807) is 0 Å². The maximum absolute atomic E-state index is 10.3. The molecule has 1 N–H and O–H groups in total. The Bertz CT molecular complexity index is 397. The highest BCUT2D eigenvalue weighted by molar-refractivity contribution is 5.14. The van der Waals surface area contributed by atoms with Gasteiger partial charge >= 0.3 is 0 Å². The number of hydrogen-bond acceptors (Lipinski definition) is 4. The van der Waals surface area contributed by atoms with Gasteiger partial charge < -0.3 is 19.6 Å². The number of hydrogen-bond donors (Lipinski definition) is 1. The third-order valence-electron chi connectivity index (χ3n) is 4.04. The summed E-state index contributed by atoms with van der Waals surface area (Å²) in [6.45, 7) is 2.37. The lowest BCUT2D eigenvalue weighted by molar-refractivity contribution is 0.0173. The van der Waals surface area contributed by atoms with Crippen LogP contribution in [0, 0.1) is 0 Å². The van der Waals surface area contributed by atoms with Crippen LogP contribution in [0.1, 0.15) is 5.56 Å². The number of likely N-dealkylation sites (N-methyl/N-ethyl adjacent to an activating group) is 2. The second-order valence-electron chi connectivity index (χ2n) is 5.89. The minimum absolute atomic E-state index is 0.0804. The molecule has 1 heterocycles. The van der Waals surface area contributed by atoms with Gasteiger partial charge in [0.2, 0.25) is 0 Å². The van der Waals surface area contributed by atoms with Crippen LogP contribution in [0.3, 0.4) is 0 Å². The first-order valence-corrected chi connectivity index (χ1v) is 7.26. The lowest BCUT2D eigenvalue weighted by atomic mass is 10.1. The second-order valence-corrected chi connectivity index (χ2v) is 5.89. The van der Waals surface area contributed by atoms with Gasteiger partial charge in [0.15, 0.2) is 0 Å². The summed E-state index contributed by atoms with van der Waals surface area (Å²) in [6.07, 6.45) is 0.546. The van der Waals surface area contributed by atoms with E-state index in [0.717, 1.165) is 19.5 Å². The maximum Gasteiger partial charge on any atom is 0.0991 e. The van der Waals surface area contributed by atoms with Gasteiger partial charge in [-0.15, -0.1) is 0 Å². The van der Waals surface area contributed by atoms with Crippen LogP contribution in [0.25, 0.3) is 0 Å². The fourth-order valence-electron chi connectivity index (χ4n) is 2.65. The minimum Gasteiger partial charge on any atom is -0.389 e. The van der Waals surface area contributed by atoms with E-state index in [2.05, 4.69) is 36.2 Å². The smallest absolute Gasteiger partial charge is 0.0991 e. The Balaban J connectivity index is 1.76. The Labute approximate surface area is 122 Å². The summed E-state index contributed by atoms with van der Waals surface area (Å²) in [4.78, 5) is 4.27. The topological polar surface area (TPSA) is 35.9 Å². The molecule has 20 heavy (non-hydrogen) atoms. The lowest BCUT2D eigenvalue weighted by Crippen LogP contribution is -2.43. The van der Waals surface area contributed by atoms with Gasteiger partial charge in [0, 0.05) is 13.1 Å². The molecule has 0 aliphatic carbocycles. The molecule has 1 aromatic carbocycles. The van der Waals surface area contributed by atoms with Crippen LogP contribution in [0.4, 0.5) is 0 Å². The lowest BCUT2D eigenvalue weighted by Gasteiger charge is -2.25. The van der Waals surface area contributed by atoms with E-state index in [9.17, 15) is 5.11 Å². The Morgan fingerprint density at radius 1 is 1.20 bits per heavy atom. The van der Waals surface area contributed by atoms with E-state index in [1.165, 1.54) is 5.56 Å². The summed E-state index contributed by atoms with van der Waals surface area (Å²) in [5, 5.41) is 10.3. The summed E-state index contributed by atoms with van der Waals surface area (Å²) in [5.74, 6) is 0. The SMILES string of the molecule is CN(CCc1ccccc1)C[C@@H]1OC[C@H](N(C)C)[C@H]1O. The molecule has 1 fully saturated rings. The Morgan fingerprint density at radius 2 is 1.90 bits per heavy atom. The van der Waals surface area contributed by atoms with Crippen molar-refractivity contribution in [3.05, 3.63) is 35.9 Å². The summed E-state index contributed by atoms with van der Waals surface area (Å²) in [7, 11) is 6.06. The monoisotopic (exact) mass is 278 g/mol. The first-order chi connectivity index (χ1) is 9.58. The molecule has 1 aliphatic heterocycles. The van der Waals surface area contributed by atoms with Crippen LogP contribution >= 0.6 is 0 Å². The van der Waals surface area contributed by atoms with Gasteiger partial charge in [-0.05, 0) is 33.1 Å². The maximum atomic E-state index is 10.3. The molecule has 0 saturated carbocycles. The van der Waals surface area contributed by atoms with Crippen molar-refractivity contribution >= 4 is 0 Å². The molecule has 4 heteroatoms. The zero-order chi connectivity index (χ0) is 14.5. The largest absolute Gasteiger partial charge is 0.389 e. The molecule has 1 saturated heterocycles. The molecule has 0 bridgehead atoms. The van der Waals surface area contributed by atoms with Gasteiger partial charge in [-0.1, -0.05) is 30.3 Å². The van der Waals surface area contributed by atoms with E-state index in [4.69, 9.17) is 4.74 Å². The summed E-state index contributed by atoms with van der Waals surface area (Å²) in [6, 6.07) is 10.6. The van der Waals surface area contributed by atoms with E-state index in [-0.39, 0.29) is 12.1 Å². The Hall–Kier alpha value is -0.940. The number of rotatable bonds is 6. The van der Waals surface area contributed by atoms with Gasteiger partial charge in [0.05, 0.1) is 24.9 Å². The van der Waals surface area contributed by atoms with E-state index in [1.807, 2.05) is 25.1 Å². The molecule has 0 unspecified atom stereocenters. The van der Waals surface area contributed by atoms with Crippen LogP contribution in [0.5, 0.6) is 0 Å². The van der Waals surface area contributed by atoms with Gasteiger partial charge in [-0.25, -0.2) is 0 Å². The summed E-state index contributed by atoms with van der Waals surface area (Å²) < 4.78 is 5.73. The number of nitrogens with zero attached hydrogens (tertiary/aromatic N) is 2. The molecular weight excluding hydrogens is 252 g/mol. The predicted molar refractivity (Wildman–Crippen MR) is 80.9 cm³/mol. The molecule has 0 amide bonds. The van der Waals surface area contributed by atoms with Crippen molar-refractivity contribution in [1.82, 2.24) is 9.80 Å². The average molecular weight is 278 g/mol. The standard InChI is InChI=1S/C16H26N2O2/c1-17(2)14-12-20-15(16(14)19)11-18(3)10-9-13-7-5-4-6-8-13/h4-8,14-16,19H,9-12H2,1-3H3/t14-,15-,16+/m0/s1. The molecule has 112 valence electrons. The van der Waals surface area contributed by atoms with E-state index in [0.29, 0.717) is 6.61 Å². The molecule has 1 aliphatic rings. The number of benzene rings is 1. The molecular formula is C16H26N2O2. The third-order valence-corrected chi connectivity index (χ3v) is 4.04. The molecule has 0 radical (unpaired) electrons. The Morgan fingerprint density at radius 3 is 2.50 bits per heavy atom. The van der Waals surface area contributed by atoms with Gasteiger partial charge in [0.1, 0.15) is 0 Å². The van der Waals surface area contributed by atoms with Crippen molar-refractivity contribution in [1.29, 1.82) is 0 Å². The molecule has 2 rings (SSSR count). The van der Waals surface area contributed by atoms with Gasteiger partial charge in [0.25, 0.3) is 0 Å². The van der Waals surface area contributed by atoms with E-state index >= 15 is 0 Å². The molecule has 0 spiro atoms. The quantitative estimate of drug-likeness (QED) is 0.837. The van der Waals surface area contributed by atoms with Gasteiger partial charge in [-0.2, -0.15) is 0 Å². The van der Waals surface area contributed by atoms with Crippen molar-refractivity contribution in [3.8, 4) is 0 Å². The van der Waals surface area contributed by atoms with Crippen LogP contribution in [-0.4, -0.2) is 74.0 Å². The second kappa shape index (κ2) is 7.18. The predicted octanol–water partition coefficient (Wildman–Crippen LogP) is 0.851. The average Bonchev–Trinajstić information content (AvgIpc) is 2.79. The highest BCUT2D eigenvalue weighted by Crippen LogP contribution is 2.18. The normalized spacial score (nSPS) is 26.6. The minimum atomic E-state index is -0.399. The fraction of sp³-hybridized carbons (Fsp3) is 0.625. The molecule has 1 aromatic rings. The molecule has 0 aromatic heterocycles. The van der Waals surface area contributed by atoms with Crippen molar-refractivity contribution in [2.75, 3.05) is 40.8 Å². The third kappa shape index (κ3) is 4.03. The number of ether oxygens (including phenoxy) is 1. The highest BCUT2D eigenvalue weighted by Gasteiger charge is 2.37. The van der Waals surface area contributed by atoms with Crippen LogP contribution < -0.4 is 0 Å². The van der Waals surface area contributed by atoms with Crippen molar-refractivity contribution in [2.45, 2.75) is 24.7 Å². The Kier molecular flexibility index (Phi) is 5.54. The first kappa shape index (κ1) is 15.4. The van der Waals surface area contributed by atoms with E-state index < -0.39 is 6.10 Å². The van der Waals surface area contributed by atoms with Gasteiger partial charge in [-0.3, -0.25) is 0 Å². The summed E-state index contributed by atoms with van der Waals surface area (Å²) >= 11 is 0. The zero-order valence-electron chi connectivity index (χ0n) is 12.7. The van der Waals surface area contributed by atoms with Crippen LogP contribution in [-0.2, 0) is 11.2 Å². The van der Waals surface area contributed by atoms with Crippen molar-refractivity contribution in [3.63, 3.8) is 0 Å². The van der Waals surface area contributed by atoms with Crippen molar-refractivity contribution in [2.24, 2.45) is 0 Å². The van der Waals surface area contributed by atoms with Crippen molar-refractivity contribution < 1.29 is 9.84 Å². The van der Waals surface area contributed by atoms with Crippen LogP contribution in [0.15, 0.2) is 30.3 Å². The number of aliphatic hydroxyl groups is 1. The fourth-order valence-corrected chi connectivity index (χ4v) is 2.65. The highest BCUT2D eigenvalue weighted by atomic mass is 16.5.